The number of fused-ring (bicyclic) bond motifs is 1. The zero-order valence-corrected chi connectivity index (χ0v) is 22.1. The molecule has 9 heteroatoms. The number of carbonyl (C=O) groups is 2. The largest absolute Gasteiger partial charge is 0.488 e. The van der Waals surface area contributed by atoms with E-state index in [2.05, 4.69) is 21.4 Å². The molecule has 192 valence electrons. The van der Waals surface area contributed by atoms with Gasteiger partial charge >= 0.3 is 5.97 Å². The third kappa shape index (κ3) is 6.13. The normalized spacial score (nSPS) is 24.2. The molecule has 1 amide bonds. The van der Waals surface area contributed by atoms with E-state index >= 15 is 0 Å². The molecule has 2 aliphatic carbocycles. The van der Waals surface area contributed by atoms with Crippen molar-refractivity contribution in [3.05, 3.63) is 40.4 Å². The van der Waals surface area contributed by atoms with Gasteiger partial charge in [0.25, 0.3) is 5.91 Å². The number of amidine groups is 1. The average Bonchev–Trinajstić information content (AvgIpc) is 3.60. The highest BCUT2D eigenvalue weighted by atomic mass is 32.2. The predicted octanol–water partition coefficient (Wildman–Crippen LogP) is 5.11. The number of ether oxygens (including phenoxy) is 2. The van der Waals surface area contributed by atoms with Gasteiger partial charge in [-0.3, -0.25) is 19.6 Å². The highest BCUT2D eigenvalue weighted by molar-refractivity contribution is 8.18. The number of esters is 1. The van der Waals surface area contributed by atoms with E-state index in [0.29, 0.717) is 58.6 Å². The summed E-state index contributed by atoms with van der Waals surface area (Å²) in [6.07, 6.45) is 8.14. The van der Waals surface area contributed by atoms with Crippen molar-refractivity contribution in [3.8, 4) is 11.8 Å². The lowest BCUT2D eigenvalue weighted by atomic mass is 9.87. The van der Waals surface area contributed by atoms with Crippen LogP contribution in [0.3, 0.4) is 0 Å². The van der Waals surface area contributed by atoms with Crippen LogP contribution in [0.2, 0.25) is 0 Å². The second kappa shape index (κ2) is 10.2. The van der Waals surface area contributed by atoms with E-state index in [4.69, 9.17) is 9.47 Å². The summed E-state index contributed by atoms with van der Waals surface area (Å²) in [5.74, 6) is 0.0415. The Balaban J connectivity index is 1.35. The molecule has 0 spiro atoms. The fourth-order valence-electron chi connectivity index (χ4n) is 4.46. The summed E-state index contributed by atoms with van der Waals surface area (Å²) in [4.78, 5) is 34.4. The SMILES string of the molecule is CC(C)(C)OC(=O)C1CCC(Oc2c(C#N)cnc3ccc(C=C4SC(=NC5CC5)NC4=O)cc23)CC1. The van der Waals surface area contributed by atoms with Crippen molar-refractivity contribution in [2.24, 2.45) is 10.9 Å². The molecule has 2 saturated carbocycles. The molecule has 2 heterocycles. The maximum Gasteiger partial charge on any atom is 0.309 e. The van der Waals surface area contributed by atoms with Crippen molar-refractivity contribution in [3.63, 3.8) is 0 Å². The number of aliphatic imine (C=N–C) groups is 1. The second-order valence-corrected chi connectivity index (χ2v) is 11.8. The van der Waals surface area contributed by atoms with Crippen LogP contribution in [0.25, 0.3) is 17.0 Å². The first-order valence-electron chi connectivity index (χ1n) is 12.7. The number of pyridine rings is 1. The molecule has 2 aromatic rings. The summed E-state index contributed by atoms with van der Waals surface area (Å²) < 4.78 is 11.9. The van der Waals surface area contributed by atoms with E-state index in [1.54, 1.807) is 0 Å². The summed E-state index contributed by atoms with van der Waals surface area (Å²) in [5.41, 5.74) is 1.38. The van der Waals surface area contributed by atoms with E-state index in [1.807, 2.05) is 45.0 Å². The summed E-state index contributed by atoms with van der Waals surface area (Å²) >= 11 is 1.35. The molecule has 1 aromatic carbocycles. The fourth-order valence-corrected chi connectivity index (χ4v) is 5.35. The van der Waals surface area contributed by atoms with Crippen molar-refractivity contribution in [1.82, 2.24) is 10.3 Å². The number of aromatic nitrogens is 1. The van der Waals surface area contributed by atoms with Crippen molar-refractivity contribution in [2.45, 2.75) is 77.0 Å². The predicted molar refractivity (Wildman–Crippen MR) is 143 cm³/mol. The van der Waals surface area contributed by atoms with Gasteiger partial charge in [-0.25, -0.2) is 0 Å². The minimum Gasteiger partial charge on any atom is -0.488 e. The molecule has 0 atom stereocenters. The van der Waals surface area contributed by atoms with Gasteiger partial charge in [0.2, 0.25) is 0 Å². The maximum absolute atomic E-state index is 12.5. The summed E-state index contributed by atoms with van der Waals surface area (Å²) in [7, 11) is 0. The number of thioether (sulfide) groups is 1. The number of carbonyl (C=O) groups excluding carboxylic acids is 2. The van der Waals surface area contributed by atoms with Gasteiger partial charge in [-0.1, -0.05) is 6.07 Å². The molecule has 1 aliphatic heterocycles. The number of nitrogens with zero attached hydrogens (tertiary/aromatic N) is 3. The van der Waals surface area contributed by atoms with Crippen molar-refractivity contribution in [2.75, 3.05) is 0 Å². The van der Waals surface area contributed by atoms with Crippen molar-refractivity contribution in [1.29, 1.82) is 5.26 Å². The molecule has 37 heavy (non-hydrogen) atoms. The molecule has 1 aromatic heterocycles. The van der Waals surface area contributed by atoms with Gasteiger partial charge in [0.15, 0.2) is 5.17 Å². The zero-order valence-electron chi connectivity index (χ0n) is 21.2. The van der Waals surface area contributed by atoms with Gasteiger partial charge in [0, 0.05) is 11.6 Å². The Morgan fingerprint density at radius 2 is 1.97 bits per heavy atom. The molecule has 1 saturated heterocycles. The Hall–Kier alpha value is -3.38. The van der Waals surface area contributed by atoms with Crippen LogP contribution in [-0.2, 0) is 14.3 Å². The van der Waals surface area contributed by atoms with Crippen LogP contribution in [0, 0.1) is 17.2 Å². The number of nitriles is 1. The minimum absolute atomic E-state index is 0.115. The molecule has 5 rings (SSSR count). The highest BCUT2D eigenvalue weighted by Crippen LogP contribution is 2.36. The van der Waals surface area contributed by atoms with Gasteiger partial charge in [-0.2, -0.15) is 5.26 Å². The van der Waals surface area contributed by atoms with Gasteiger partial charge in [0.1, 0.15) is 23.0 Å². The lowest BCUT2D eigenvalue weighted by molar-refractivity contribution is -0.161. The molecule has 3 aliphatic rings. The van der Waals surface area contributed by atoms with Crippen LogP contribution in [0.15, 0.2) is 34.3 Å². The van der Waals surface area contributed by atoms with E-state index in [1.165, 1.54) is 18.0 Å². The molecular weight excluding hydrogens is 488 g/mol. The Bertz CT molecular complexity index is 1340. The number of benzene rings is 1. The summed E-state index contributed by atoms with van der Waals surface area (Å²) in [5, 5.41) is 14.0. The molecular formula is C28H30N4O4S. The average molecular weight is 519 g/mol. The monoisotopic (exact) mass is 518 g/mol. The molecule has 1 N–H and O–H groups in total. The van der Waals surface area contributed by atoms with Crippen LogP contribution in [-0.4, -0.2) is 39.8 Å². The Morgan fingerprint density at radius 1 is 1.22 bits per heavy atom. The van der Waals surface area contributed by atoms with Crippen LogP contribution >= 0.6 is 11.8 Å². The second-order valence-electron chi connectivity index (χ2n) is 10.7. The summed E-state index contributed by atoms with van der Waals surface area (Å²) in [6, 6.07) is 8.20. The van der Waals surface area contributed by atoms with E-state index in [-0.39, 0.29) is 23.9 Å². The molecule has 0 radical (unpaired) electrons. The lowest BCUT2D eigenvalue weighted by Crippen LogP contribution is -2.33. The Kier molecular flexibility index (Phi) is 6.95. The summed E-state index contributed by atoms with van der Waals surface area (Å²) in [6.45, 7) is 5.63. The van der Waals surface area contributed by atoms with Crippen LogP contribution in [0.4, 0.5) is 0 Å². The Morgan fingerprint density at radius 3 is 2.65 bits per heavy atom. The molecule has 8 nitrogen and oxygen atoms in total. The molecule has 0 bridgehead atoms. The van der Waals surface area contributed by atoms with Gasteiger partial charge in [0.05, 0.1) is 28.5 Å². The van der Waals surface area contributed by atoms with E-state index in [0.717, 1.165) is 23.8 Å². The van der Waals surface area contributed by atoms with Crippen LogP contribution in [0.1, 0.15) is 70.4 Å². The third-order valence-electron chi connectivity index (χ3n) is 6.46. The van der Waals surface area contributed by atoms with Gasteiger partial charge in [-0.05, 0) is 94.8 Å². The number of nitrogens with one attached hydrogen (secondary N) is 1. The number of amides is 1. The maximum atomic E-state index is 12.5. The third-order valence-corrected chi connectivity index (χ3v) is 7.38. The van der Waals surface area contributed by atoms with Gasteiger partial charge < -0.3 is 14.8 Å². The quantitative estimate of drug-likeness (QED) is 0.432. The Labute approximate surface area is 220 Å². The fraction of sp³-hybridized carbons (Fsp3) is 0.464. The topological polar surface area (TPSA) is 114 Å². The first-order chi connectivity index (χ1) is 17.7. The lowest BCUT2D eigenvalue weighted by Gasteiger charge is -2.30. The zero-order chi connectivity index (χ0) is 26.2. The van der Waals surface area contributed by atoms with Crippen LogP contribution < -0.4 is 10.1 Å². The van der Waals surface area contributed by atoms with Crippen molar-refractivity contribution < 1.29 is 19.1 Å². The first-order valence-corrected chi connectivity index (χ1v) is 13.5. The number of hydrogen-bond acceptors (Lipinski definition) is 8. The van der Waals surface area contributed by atoms with E-state index in [9.17, 15) is 14.9 Å². The molecule has 3 fully saturated rings. The smallest absolute Gasteiger partial charge is 0.309 e. The van der Waals surface area contributed by atoms with E-state index < -0.39 is 5.60 Å². The van der Waals surface area contributed by atoms with Crippen molar-refractivity contribution >= 4 is 45.8 Å². The minimum atomic E-state index is -0.502. The number of hydrogen-bond donors (Lipinski definition) is 1. The van der Waals surface area contributed by atoms with Crippen LogP contribution in [0.5, 0.6) is 5.75 Å². The standard InChI is InChI=1S/C28H30N4O4S/c1-28(2,3)36-26(34)17-5-9-20(10-6-17)35-24-18(14-29)15-30-22-11-4-16(12-21(22)24)13-23-25(33)32-27(37-23)31-19-7-8-19/h4,11-13,15,17,19-20H,5-10H2,1-3H3,(H,31,32,33). The molecule has 0 unspecified atom stereocenters. The van der Waals surface area contributed by atoms with Gasteiger partial charge in [-0.15, -0.1) is 0 Å². The first kappa shape index (κ1) is 25.3. The number of rotatable bonds is 5. The highest BCUT2D eigenvalue weighted by Gasteiger charge is 2.31.